The maximum absolute atomic E-state index is 12.0. The number of carbonyl (C=O) groups is 5. The first-order valence-electron chi connectivity index (χ1n) is 13.3. The van der Waals surface area contributed by atoms with Crippen molar-refractivity contribution in [2.45, 2.75) is 126 Å². The van der Waals surface area contributed by atoms with E-state index in [0.717, 1.165) is 6.29 Å². The molecule has 3 atom stereocenters. The van der Waals surface area contributed by atoms with Crippen LogP contribution in [0.2, 0.25) is 0 Å². The molecule has 0 aromatic heterocycles. The van der Waals surface area contributed by atoms with Gasteiger partial charge in [0.2, 0.25) is 0 Å². The van der Waals surface area contributed by atoms with Gasteiger partial charge in [-0.15, -0.1) is 0 Å². The fourth-order valence-electron chi connectivity index (χ4n) is 3.01. The van der Waals surface area contributed by atoms with Crippen LogP contribution < -0.4 is 16.0 Å². The van der Waals surface area contributed by atoms with Gasteiger partial charge in [-0.3, -0.25) is 9.59 Å². The number of aliphatic hydroxyl groups is 1. The number of aldehydes is 1. The molecule has 0 bridgehead atoms. The molecule has 236 valence electrons. The number of carbonyl (C=O) groups excluding carboxylic acids is 5. The smallest absolute Gasteiger partial charge is 0.408 e. The van der Waals surface area contributed by atoms with Crippen LogP contribution >= 0.6 is 0 Å². The molecule has 0 saturated carbocycles. The van der Waals surface area contributed by atoms with Crippen LogP contribution in [0, 0.1) is 11.8 Å². The molecule has 1 unspecified atom stereocenters. The van der Waals surface area contributed by atoms with Gasteiger partial charge in [-0.25, -0.2) is 9.59 Å². The molecule has 0 aliphatic rings. The van der Waals surface area contributed by atoms with E-state index in [2.05, 4.69) is 16.0 Å². The van der Waals surface area contributed by atoms with Gasteiger partial charge < -0.3 is 40.1 Å². The van der Waals surface area contributed by atoms with Gasteiger partial charge >= 0.3 is 18.2 Å². The summed E-state index contributed by atoms with van der Waals surface area (Å²) in [5.41, 5.74) is -1.22. The summed E-state index contributed by atoms with van der Waals surface area (Å²) in [6.45, 7) is 19.8. The van der Waals surface area contributed by atoms with Crippen molar-refractivity contribution >= 4 is 30.3 Å². The molecule has 0 heterocycles. The maximum Gasteiger partial charge on any atom is 0.408 e. The average molecular weight is 578 g/mol. The quantitative estimate of drug-likeness (QED) is 0.153. The molecule has 0 saturated heterocycles. The number of hydrogen-bond acceptors (Lipinski definition) is 9. The number of esters is 1. The largest absolute Gasteiger partial charge is 0.465 e. The molecule has 0 aromatic rings. The fraction of sp³-hybridized carbons (Fsp3) is 0.821. The first-order chi connectivity index (χ1) is 17.7. The Morgan fingerprint density at radius 3 is 1.65 bits per heavy atom. The average Bonchev–Trinajstić information content (AvgIpc) is 2.73. The van der Waals surface area contributed by atoms with E-state index in [1.807, 2.05) is 27.7 Å². The SMILES string of the molecule is C.CC(C)C[C@@H](C=O)NC(=O)OC(C)(C)C.CCOC(=O)CNC(=O)C(O)[C@H](CC(C)C)NC(=O)OC(C)(C)C. The lowest BCUT2D eigenvalue weighted by molar-refractivity contribution is -0.144. The van der Waals surface area contributed by atoms with Gasteiger partial charge in [0.25, 0.3) is 5.91 Å². The monoisotopic (exact) mass is 577 g/mol. The van der Waals surface area contributed by atoms with Crippen LogP contribution in [0.1, 0.15) is 96.4 Å². The van der Waals surface area contributed by atoms with Crippen molar-refractivity contribution in [3.05, 3.63) is 0 Å². The molecule has 12 heteroatoms. The van der Waals surface area contributed by atoms with Crippen molar-refractivity contribution in [3.8, 4) is 0 Å². The summed E-state index contributed by atoms with van der Waals surface area (Å²) in [5, 5.41) is 17.5. The highest BCUT2D eigenvalue weighted by molar-refractivity contribution is 5.85. The van der Waals surface area contributed by atoms with Crippen LogP contribution in [0.15, 0.2) is 0 Å². The molecule has 3 amide bonds. The third kappa shape index (κ3) is 24.2. The highest BCUT2D eigenvalue weighted by Crippen LogP contribution is 2.12. The fourth-order valence-corrected chi connectivity index (χ4v) is 3.01. The van der Waals surface area contributed by atoms with E-state index in [-0.39, 0.29) is 26.5 Å². The minimum absolute atomic E-state index is 0. The lowest BCUT2D eigenvalue weighted by atomic mass is 9.98. The minimum atomic E-state index is -1.51. The third-order valence-corrected chi connectivity index (χ3v) is 4.38. The lowest BCUT2D eigenvalue weighted by Crippen LogP contribution is -2.52. The Morgan fingerprint density at radius 2 is 1.27 bits per heavy atom. The normalized spacial score (nSPS) is 13.3. The number of alkyl carbamates (subject to hydrolysis) is 2. The Bertz CT molecular complexity index is 772. The van der Waals surface area contributed by atoms with Crippen LogP contribution in [0.4, 0.5) is 9.59 Å². The van der Waals surface area contributed by atoms with E-state index in [1.54, 1.807) is 48.5 Å². The van der Waals surface area contributed by atoms with Gasteiger partial charge in [-0.2, -0.15) is 0 Å². The first kappa shape index (κ1) is 41.6. The molecule has 0 aromatic carbocycles. The molecule has 0 aliphatic carbocycles. The first-order valence-corrected chi connectivity index (χ1v) is 13.3. The number of nitrogens with one attached hydrogen (secondary N) is 3. The summed E-state index contributed by atoms with van der Waals surface area (Å²) in [6, 6.07) is -1.29. The second-order valence-electron chi connectivity index (χ2n) is 11.9. The van der Waals surface area contributed by atoms with Crippen LogP contribution in [0.25, 0.3) is 0 Å². The number of rotatable bonds is 12. The molecule has 12 nitrogen and oxygen atoms in total. The summed E-state index contributed by atoms with van der Waals surface area (Å²) in [6.07, 6.45) is -1.03. The zero-order valence-corrected chi connectivity index (χ0v) is 25.5. The Kier molecular flexibility index (Phi) is 20.9. The van der Waals surface area contributed by atoms with Gasteiger partial charge in [0.15, 0.2) is 6.10 Å². The molecular formula is C28H55N3O9. The van der Waals surface area contributed by atoms with E-state index in [4.69, 9.17) is 14.2 Å². The molecule has 0 aliphatic heterocycles. The van der Waals surface area contributed by atoms with Gasteiger partial charge in [0, 0.05) is 0 Å². The van der Waals surface area contributed by atoms with Gasteiger partial charge in [0.05, 0.1) is 18.7 Å². The van der Waals surface area contributed by atoms with Crippen LogP contribution in [0.3, 0.4) is 0 Å². The van der Waals surface area contributed by atoms with Gasteiger partial charge in [0.1, 0.15) is 24.0 Å². The lowest BCUT2D eigenvalue weighted by Gasteiger charge is -2.27. The van der Waals surface area contributed by atoms with Gasteiger partial charge in [-0.05, 0) is 73.1 Å². The number of aliphatic hydroxyl groups excluding tert-OH is 1. The standard InChI is InChI=1S/C16H30N2O6.C11H21NO3.CH4/c1-7-23-12(19)9-17-14(21)13(20)11(8-10(2)3)18-15(22)24-16(4,5)6;1-8(2)6-9(7-13)12-10(14)15-11(3,4)5;/h10-11,13,20H,7-9H2,1-6H3,(H,17,21)(H,18,22);7-9H,6H2,1-5H3,(H,12,14);1H4/t11-,13?;9-;/m00./s1. The molecule has 4 N–H and O–H groups in total. The van der Waals surface area contributed by atoms with Crippen molar-refractivity contribution in [2.75, 3.05) is 13.2 Å². The maximum atomic E-state index is 12.0. The Hall–Kier alpha value is -2.89. The molecule has 0 radical (unpaired) electrons. The van der Waals surface area contributed by atoms with E-state index in [0.29, 0.717) is 18.8 Å². The second kappa shape index (κ2) is 20.1. The molecule has 0 spiro atoms. The number of ether oxygens (including phenoxy) is 3. The highest BCUT2D eigenvalue weighted by Gasteiger charge is 2.30. The zero-order valence-electron chi connectivity index (χ0n) is 25.5. The predicted molar refractivity (Wildman–Crippen MR) is 154 cm³/mol. The van der Waals surface area contributed by atoms with Crippen molar-refractivity contribution in [1.29, 1.82) is 0 Å². The highest BCUT2D eigenvalue weighted by atomic mass is 16.6. The molecule has 0 rings (SSSR count). The summed E-state index contributed by atoms with van der Waals surface area (Å²) >= 11 is 0. The summed E-state index contributed by atoms with van der Waals surface area (Å²) in [7, 11) is 0. The van der Waals surface area contributed by atoms with E-state index >= 15 is 0 Å². The third-order valence-electron chi connectivity index (χ3n) is 4.38. The number of amides is 3. The Balaban J connectivity index is -0.000000739. The van der Waals surface area contributed by atoms with Crippen molar-refractivity contribution in [1.82, 2.24) is 16.0 Å². The second-order valence-corrected chi connectivity index (χ2v) is 11.9. The van der Waals surface area contributed by atoms with Crippen molar-refractivity contribution in [3.63, 3.8) is 0 Å². The summed E-state index contributed by atoms with van der Waals surface area (Å²) < 4.78 is 14.9. The minimum Gasteiger partial charge on any atom is -0.465 e. The van der Waals surface area contributed by atoms with Crippen molar-refractivity contribution < 1.29 is 43.3 Å². The van der Waals surface area contributed by atoms with Crippen LogP contribution in [0.5, 0.6) is 0 Å². The summed E-state index contributed by atoms with van der Waals surface area (Å²) in [4.78, 5) is 57.1. The Labute approximate surface area is 240 Å². The topological polar surface area (TPSA) is 169 Å². The van der Waals surface area contributed by atoms with Crippen LogP contribution in [-0.2, 0) is 28.6 Å². The number of hydrogen-bond donors (Lipinski definition) is 4. The van der Waals surface area contributed by atoms with Crippen LogP contribution in [-0.4, -0.2) is 78.0 Å². The molecule has 40 heavy (non-hydrogen) atoms. The summed E-state index contributed by atoms with van der Waals surface area (Å²) in [5.74, 6) is -0.879. The molecular weight excluding hydrogens is 522 g/mol. The zero-order chi connectivity index (χ0) is 31.0. The van der Waals surface area contributed by atoms with E-state index in [9.17, 15) is 29.1 Å². The van der Waals surface area contributed by atoms with E-state index < -0.39 is 53.5 Å². The molecule has 0 fully saturated rings. The van der Waals surface area contributed by atoms with Crippen molar-refractivity contribution in [2.24, 2.45) is 11.8 Å². The van der Waals surface area contributed by atoms with E-state index in [1.165, 1.54) is 0 Å². The van der Waals surface area contributed by atoms with Gasteiger partial charge in [-0.1, -0.05) is 35.1 Å². The Morgan fingerprint density at radius 1 is 0.825 bits per heavy atom. The predicted octanol–water partition coefficient (Wildman–Crippen LogP) is 3.73.